The molecule has 0 aliphatic rings. The molecular formula is C13H14N4. The first kappa shape index (κ1) is 11.3. The molecule has 0 aromatic carbocycles. The van der Waals surface area contributed by atoms with Crippen LogP contribution < -0.4 is 0 Å². The first-order valence-electron chi connectivity index (χ1n) is 5.62. The molecule has 1 atom stereocenters. The summed E-state index contributed by atoms with van der Waals surface area (Å²) in [6, 6.07) is 6.10. The zero-order valence-corrected chi connectivity index (χ0v) is 9.94. The van der Waals surface area contributed by atoms with Gasteiger partial charge in [-0.05, 0) is 25.5 Å². The van der Waals surface area contributed by atoms with Gasteiger partial charge in [0, 0.05) is 23.7 Å². The fraction of sp³-hybridized carbons (Fsp3) is 0.308. The van der Waals surface area contributed by atoms with Crippen molar-refractivity contribution in [2.24, 2.45) is 0 Å². The Balaban J connectivity index is 2.42. The molecule has 0 aliphatic carbocycles. The Kier molecular flexibility index (Phi) is 3.20. The molecule has 0 amide bonds. The molecule has 2 aromatic heterocycles. The molecular weight excluding hydrogens is 212 g/mol. The van der Waals surface area contributed by atoms with Crippen LogP contribution in [0.3, 0.4) is 0 Å². The number of pyridine rings is 1. The maximum atomic E-state index is 9.03. The summed E-state index contributed by atoms with van der Waals surface area (Å²) < 4.78 is 0. The van der Waals surface area contributed by atoms with Gasteiger partial charge in [-0.3, -0.25) is 4.98 Å². The number of hydrogen-bond donors (Lipinski definition) is 1. The number of nitrogens with zero attached hydrogens (tertiary/aromatic N) is 3. The molecule has 0 radical (unpaired) electrons. The quantitative estimate of drug-likeness (QED) is 0.875. The predicted octanol–water partition coefficient (Wildman–Crippen LogP) is 2.80. The summed E-state index contributed by atoms with van der Waals surface area (Å²) in [4.78, 5) is 11.8. The molecule has 4 heteroatoms. The molecule has 86 valence electrons. The normalized spacial score (nSPS) is 12.1. The van der Waals surface area contributed by atoms with Crippen LogP contribution in [0.15, 0.2) is 24.5 Å². The molecule has 1 unspecified atom stereocenters. The van der Waals surface area contributed by atoms with Gasteiger partial charge in [-0.15, -0.1) is 0 Å². The minimum atomic E-state index is -0.167. The van der Waals surface area contributed by atoms with Crippen LogP contribution in [-0.2, 0) is 0 Å². The van der Waals surface area contributed by atoms with Crippen LogP contribution in [0.5, 0.6) is 0 Å². The van der Waals surface area contributed by atoms with Crippen LogP contribution in [0, 0.1) is 18.3 Å². The molecule has 0 saturated heterocycles. The van der Waals surface area contributed by atoms with E-state index in [4.69, 9.17) is 5.26 Å². The van der Waals surface area contributed by atoms with Crippen LogP contribution in [0.1, 0.15) is 30.8 Å². The molecule has 0 bridgehead atoms. The maximum absolute atomic E-state index is 9.03. The van der Waals surface area contributed by atoms with Crippen molar-refractivity contribution >= 4 is 0 Å². The lowest BCUT2D eigenvalue weighted by Gasteiger charge is -1.99. The lowest BCUT2D eigenvalue weighted by atomic mass is 10.1. The molecule has 1 N–H and O–H groups in total. The van der Waals surface area contributed by atoms with E-state index in [1.54, 1.807) is 12.4 Å². The minimum absolute atomic E-state index is 0.167. The maximum Gasteiger partial charge on any atom is 0.124 e. The van der Waals surface area contributed by atoms with Crippen LogP contribution in [0.2, 0.25) is 0 Å². The van der Waals surface area contributed by atoms with Gasteiger partial charge in [0.15, 0.2) is 0 Å². The predicted molar refractivity (Wildman–Crippen MR) is 65.2 cm³/mol. The van der Waals surface area contributed by atoms with Crippen LogP contribution >= 0.6 is 0 Å². The monoisotopic (exact) mass is 226 g/mol. The standard InChI is InChI=1S/C13H14N4/c1-3-10(7-14)13-16-9(2)12(17-13)11-5-4-6-15-8-11/h4-6,8,10H,3H2,1-2H3,(H,16,17). The second-order valence-corrected chi connectivity index (χ2v) is 3.93. The Morgan fingerprint density at radius 2 is 2.35 bits per heavy atom. The van der Waals surface area contributed by atoms with Gasteiger partial charge in [0.2, 0.25) is 0 Å². The van der Waals surface area contributed by atoms with Crippen molar-refractivity contribution in [1.29, 1.82) is 5.26 Å². The van der Waals surface area contributed by atoms with E-state index in [1.807, 2.05) is 26.0 Å². The summed E-state index contributed by atoms with van der Waals surface area (Å²) in [5, 5.41) is 9.03. The van der Waals surface area contributed by atoms with Gasteiger partial charge in [0.1, 0.15) is 11.7 Å². The number of imidazole rings is 1. The van der Waals surface area contributed by atoms with Gasteiger partial charge in [-0.25, -0.2) is 4.98 Å². The molecule has 0 spiro atoms. The highest BCUT2D eigenvalue weighted by molar-refractivity contribution is 5.60. The summed E-state index contributed by atoms with van der Waals surface area (Å²) in [5.74, 6) is 0.575. The fourth-order valence-electron chi connectivity index (χ4n) is 1.78. The fourth-order valence-corrected chi connectivity index (χ4v) is 1.78. The molecule has 0 fully saturated rings. The second-order valence-electron chi connectivity index (χ2n) is 3.93. The number of hydrogen-bond acceptors (Lipinski definition) is 3. The highest BCUT2D eigenvalue weighted by atomic mass is 14.9. The SMILES string of the molecule is CCC(C#N)c1nc(-c2cccnc2)c(C)[nH]1. The van der Waals surface area contributed by atoms with Gasteiger partial charge < -0.3 is 4.98 Å². The first-order chi connectivity index (χ1) is 8.26. The number of H-pyrrole nitrogens is 1. The van der Waals surface area contributed by atoms with Crippen molar-refractivity contribution in [2.75, 3.05) is 0 Å². The van der Waals surface area contributed by atoms with E-state index in [0.29, 0.717) is 0 Å². The molecule has 0 saturated carbocycles. The van der Waals surface area contributed by atoms with Gasteiger partial charge in [0.05, 0.1) is 11.8 Å². The van der Waals surface area contributed by atoms with Crippen molar-refractivity contribution in [2.45, 2.75) is 26.2 Å². The van der Waals surface area contributed by atoms with Gasteiger partial charge >= 0.3 is 0 Å². The molecule has 17 heavy (non-hydrogen) atoms. The van der Waals surface area contributed by atoms with E-state index in [1.165, 1.54) is 0 Å². The molecule has 2 rings (SSSR count). The van der Waals surface area contributed by atoms with Crippen molar-refractivity contribution in [3.8, 4) is 17.3 Å². The van der Waals surface area contributed by atoms with Crippen molar-refractivity contribution < 1.29 is 0 Å². The Bertz CT molecular complexity index is 536. The molecule has 2 heterocycles. The summed E-state index contributed by atoms with van der Waals surface area (Å²) >= 11 is 0. The third kappa shape index (κ3) is 2.18. The number of rotatable bonds is 3. The minimum Gasteiger partial charge on any atom is -0.344 e. The van der Waals surface area contributed by atoms with E-state index in [-0.39, 0.29) is 5.92 Å². The summed E-state index contributed by atoms with van der Waals surface area (Å²) in [6.07, 6.45) is 4.27. The van der Waals surface area contributed by atoms with Crippen molar-refractivity contribution in [3.63, 3.8) is 0 Å². The van der Waals surface area contributed by atoms with Crippen molar-refractivity contribution in [1.82, 2.24) is 15.0 Å². The topological polar surface area (TPSA) is 65.4 Å². The smallest absolute Gasteiger partial charge is 0.124 e. The first-order valence-corrected chi connectivity index (χ1v) is 5.62. The molecule has 2 aromatic rings. The number of aryl methyl sites for hydroxylation is 1. The lowest BCUT2D eigenvalue weighted by Crippen LogP contribution is -1.96. The van der Waals surface area contributed by atoms with Gasteiger partial charge in [-0.1, -0.05) is 6.92 Å². The highest BCUT2D eigenvalue weighted by Gasteiger charge is 2.15. The van der Waals surface area contributed by atoms with Gasteiger partial charge in [0.25, 0.3) is 0 Å². The Hall–Kier alpha value is -2.15. The number of nitrogens with one attached hydrogen (secondary N) is 1. The molecule has 0 aliphatic heterocycles. The number of aromatic nitrogens is 3. The van der Waals surface area contributed by atoms with Crippen LogP contribution in [-0.4, -0.2) is 15.0 Å². The number of nitriles is 1. The van der Waals surface area contributed by atoms with E-state index < -0.39 is 0 Å². The van der Waals surface area contributed by atoms with Gasteiger partial charge in [-0.2, -0.15) is 5.26 Å². The summed E-state index contributed by atoms with van der Waals surface area (Å²) in [5.41, 5.74) is 2.82. The molecule has 4 nitrogen and oxygen atoms in total. The van der Waals surface area contributed by atoms with E-state index in [9.17, 15) is 0 Å². The zero-order chi connectivity index (χ0) is 12.3. The third-order valence-electron chi connectivity index (χ3n) is 2.73. The summed E-state index contributed by atoms with van der Waals surface area (Å²) in [7, 11) is 0. The number of aromatic amines is 1. The van der Waals surface area contributed by atoms with E-state index in [0.717, 1.165) is 29.2 Å². The zero-order valence-electron chi connectivity index (χ0n) is 9.94. The van der Waals surface area contributed by atoms with E-state index >= 15 is 0 Å². The Morgan fingerprint density at radius 3 is 2.94 bits per heavy atom. The second kappa shape index (κ2) is 4.79. The average Bonchev–Trinajstić information content (AvgIpc) is 2.74. The van der Waals surface area contributed by atoms with Crippen LogP contribution in [0.25, 0.3) is 11.3 Å². The third-order valence-corrected chi connectivity index (χ3v) is 2.73. The Morgan fingerprint density at radius 1 is 1.53 bits per heavy atom. The summed E-state index contributed by atoms with van der Waals surface area (Å²) in [6.45, 7) is 3.94. The van der Waals surface area contributed by atoms with Crippen LogP contribution in [0.4, 0.5) is 0 Å². The Labute approximate surface area is 100 Å². The van der Waals surface area contributed by atoms with Crippen molar-refractivity contribution in [3.05, 3.63) is 36.0 Å². The average molecular weight is 226 g/mol. The van der Waals surface area contributed by atoms with E-state index in [2.05, 4.69) is 21.0 Å². The lowest BCUT2D eigenvalue weighted by molar-refractivity contribution is 0.764. The highest BCUT2D eigenvalue weighted by Crippen LogP contribution is 2.24. The largest absolute Gasteiger partial charge is 0.344 e.